The maximum Gasteiger partial charge on any atom is 0.269 e. The molecule has 0 aliphatic heterocycles. The van der Waals surface area contributed by atoms with Gasteiger partial charge in [-0.3, -0.25) is 4.79 Å². The first-order valence-corrected chi connectivity index (χ1v) is 5.50. The minimum Gasteiger partial charge on any atom is -0.399 e. The fraction of sp³-hybridized carbons (Fsp3) is 0.100. The van der Waals surface area contributed by atoms with Gasteiger partial charge >= 0.3 is 0 Å². The van der Waals surface area contributed by atoms with E-state index in [1.54, 1.807) is 6.92 Å². The second kappa shape index (κ2) is 4.46. The van der Waals surface area contributed by atoms with Gasteiger partial charge in [0.05, 0.1) is 11.4 Å². The number of nitrogens with zero attached hydrogens (tertiary/aromatic N) is 2. The fourth-order valence-electron chi connectivity index (χ4n) is 1.25. The Balaban J connectivity index is 2.22. The Hall–Kier alpha value is -2.02. The molecule has 0 radical (unpaired) electrons. The van der Waals surface area contributed by atoms with Gasteiger partial charge in [0.1, 0.15) is 10.7 Å². The molecule has 0 bridgehead atoms. The van der Waals surface area contributed by atoms with E-state index in [4.69, 9.17) is 5.73 Å². The number of aryl methyl sites for hydroxylation is 1. The standard InChI is InChI=1S/C10H9FN4OS/c1-5-9(17-15-14-5)10(16)13-8-3-2-6(12)4-7(8)11/h2-4H,12H2,1H3,(H,13,16). The van der Waals surface area contributed by atoms with Crippen LogP contribution in [0.15, 0.2) is 18.2 Å². The summed E-state index contributed by atoms with van der Waals surface area (Å²) in [7, 11) is 0. The maximum absolute atomic E-state index is 13.4. The van der Waals surface area contributed by atoms with Crippen molar-refractivity contribution >= 4 is 28.8 Å². The van der Waals surface area contributed by atoms with Crippen LogP contribution in [0.5, 0.6) is 0 Å². The molecule has 0 fully saturated rings. The highest BCUT2D eigenvalue weighted by Crippen LogP contribution is 2.19. The number of hydrogen-bond donors (Lipinski definition) is 2. The zero-order valence-corrected chi connectivity index (χ0v) is 9.71. The van der Waals surface area contributed by atoms with Crippen LogP contribution in [0, 0.1) is 12.7 Å². The van der Waals surface area contributed by atoms with Crippen LogP contribution in [0.3, 0.4) is 0 Å². The normalized spacial score (nSPS) is 10.2. The molecule has 5 nitrogen and oxygen atoms in total. The third-order valence-corrected chi connectivity index (χ3v) is 2.93. The lowest BCUT2D eigenvalue weighted by Crippen LogP contribution is -2.12. The maximum atomic E-state index is 13.4. The molecule has 0 atom stereocenters. The van der Waals surface area contributed by atoms with Crippen molar-refractivity contribution in [2.75, 3.05) is 11.1 Å². The van der Waals surface area contributed by atoms with Crippen molar-refractivity contribution in [3.63, 3.8) is 0 Å². The first-order valence-electron chi connectivity index (χ1n) is 4.73. The van der Waals surface area contributed by atoms with E-state index in [-0.39, 0.29) is 5.69 Å². The van der Waals surface area contributed by atoms with Crippen LogP contribution in [-0.4, -0.2) is 15.5 Å². The third kappa shape index (κ3) is 2.39. The number of carbonyl (C=O) groups excluding carboxylic acids is 1. The average molecular weight is 252 g/mol. The first kappa shape index (κ1) is 11.5. The van der Waals surface area contributed by atoms with Crippen molar-refractivity contribution < 1.29 is 9.18 Å². The van der Waals surface area contributed by atoms with Gasteiger partial charge in [0.15, 0.2) is 0 Å². The average Bonchev–Trinajstić information content (AvgIpc) is 2.68. The van der Waals surface area contributed by atoms with E-state index in [9.17, 15) is 9.18 Å². The molecular formula is C10H9FN4OS. The molecule has 1 aromatic heterocycles. The van der Waals surface area contributed by atoms with Crippen molar-refractivity contribution in [1.29, 1.82) is 0 Å². The van der Waals surface area contributed by atoms with Gasteiger partial charge in [0.2, 0.25) is 0 Å². The summed E-state index contributed by atoms with van der Waals surface area (Å²) in [5.41, 5.74) is 6.31. The molecule has 2 aromatic rings. The van der Waals surface area contributed by atoms with Crippen molar-refractivity contribution in [2.45, 2.75) is 6.92 Å². The van der Waals surface area contributed by atoms with Crippen LogP contribution in [0.25, 0.3) is 0 Å². The van der Waals surface area contributed by atoms with Crippen molar-refractivity contribution in [3.05, 3.63) is 34.6 Å². The Bertz CT molecular complexity index is 569. The quantitative estimate of drug-likeness (QED) is 0.799. The summed E-state index contributed by atoms with van der Waals surface area (Å²) in [5, 5.41) is 6.15. The van der Waals surface area contributed by atoms with Crippen LogP contribution in [0.4, 0.5) is 15.8 Å². The van der Waals surface area contributed by atoms with E-state index < -0.39 is 11.7 Å². The van der Waals surface area contributed by atoms with Gasteiger partial charge in [-0.25, -0.2) is 4.39 Å². The number of nitrogens with two attached hydrogens (primary N) is 1. The molecule has 88 valence electrons. The van der Waals surface area contributed by atoms with Crippen LogP contribution in [0.2, 0.25) is 0 Å². The SMILES string of the molecule is Cc1nnsc1C(=O)Nc1ccc(N)cc1F. The third-order valence-electron chi connectivity index (χ3n) is 2.10. The van der Waals surface area contributed by atoms with Gasteiger partial charge in [-0.05, 0) is 36.7 Å². The van der Waals surface area contributed by atoms with Crippen molar-refractivity contribution in [2.24, 2.45) is 0 Å². The lowest BCUT2D eigenvalue weighted by Gasteiger charge is -2.05. The predicted octanol–water partition coefficient (Wildman–Crippen LogP) is 1.82. The van der Waals surface area contributed by atoms with Crippen LogP contribution in [-0.2, 0) is 0 Å². The highest BCUT2D eigenvalue weighted by atomic mass is 32.1. The van der Waals surface area contributed by atoms with Crippen LogP contribution < -0.4 is 11.1 Å². The van der Waals surface area contributed by atoms with E-state index in [0.29, 0.717) is 16.3 Å². The summed E-state index contributed by atoms with van der Waals surface area (Å²) in [6.45, 7) is 1.66. The van der Waals surface area contributed by atoms with Crippen molar-refractivity contribution in [3.8, 4) is 0 Å². The minimum absolute atomic E-state index is 0.0806. The summed E-state index contributed by atoms with van der Waals surface area (Å²) in [5.74, 6) is -1.00. The van der Waals surface area contributed by atoms with Crippen molar-refractivity contribution in [1.82, 2.24) is 9.59 Å². The van der Waals surface area contributed by atoms with Crippen LogP contribution >= 0.6 is 11.5 Å². The number of hydrogen-bond acceptors (Lipinski definition) is 5. The zero-order valence-electron chi connectivity index (χ0n) is 8.90. The highest BCUT2D eigenvalue weighted by Gasteiger charge is 2.14. The second-order valence-electron chi connectivity index (χ2n) is 3.38. The number of benzene rings is 1. The van der Waals surface area contributed by atoms with E-state index in [0.717, 1.165) is 17.6 Å². The Morgan fingerprint density at radius 2 is 2.29 bits per heavy atom. The smallest absolute Gasteiger partial charge is 0.269 e. The van der Waals surface area contributed by atoms with Gasteiger partial charge in [-0.15, -0.1) is 5.10 Å². The lowest BCUT2D eigenvalue weighted by atomic mass is 10.2. The van der Waals surface area contributed by atoms with Crippen LogP contribution in [0.1, 0.15) is 15.4 Å². The molecular weight excluding hydrogens is 243 g/mol. The monoisotopic (exact) mass is 252 g/mol. The molecule has 0 unspecified atom stereocenters. The van der Waals surface area contributed by atoms with E-state index in [1.165, 1.54) is 12.1 Å². The molecule has 0 aliphatic carbocycles. The Kier molecular flexibility index (Phi) is 3.01. The fourth-order valence-corrected chi connectivity index (χ4v) is 1.80. The largest absolute Gasteiger partial charge is 0.399 e. The number of amides is 1. The summed E-state index contributed by atoms with van der Waals surface area (Å²) in [6, 6.07) is 4.07. The minimum atomic E-state index is -0.575. The summed E-state index contributed by atoms with van der Waals surface area (Å²) < 4.78 is 17.1. The number of carbonyl (C=O) groups is 1. The number of rotatable bonds is 2. The zero-order chi connectivity index (χ0) is 12.4. The topological polar surface area (TPSA) is 80.9 Å². The molecule has 1 aromatic carbocycles. The van der Waals surface area contributed by atoms with Gasteiger partial charge in [-0.2, -0.15) is 0 Å². The number of nitrogens with one attached hydrogen (secondary N) is 1. The molecule has 3 N–H and O–H groups in total. The summed E-state index contributed by atoms with van der Waals surface area (Å²) >= 11 is 0.966. The van der Waals surface area contributed by atoms with E-state index in [1.807, 2.05) is 0 Å². The Morgan fingerprint density at radius 1 is 1.53 bits per heavy atom. The van der Waals surface area contributed by atoms with Gasteiger partial charge in [0.25, 0.3) is 5.91 Å². The number of halogens is 1. The molecule has 2 rings (SSSR count). The summed E-state index contributed by atoms with van der Waals surface area (Å²) in [4.78, 5) is 12.1. The van der Waals surface area contributed by atoms with Gasteiger partial charge in [0, 0.05) is 5.69 Å². The molecule has 17 heavy (non-hydrogen) atoms. The number of aromatic nitrogens is 2. The molecule has 0 spiro atoms. The number of nitrogen functional groups attached to an aromatic ring is 1. The molecule has 0 aliphatic rings. The van der Waals surface area contributed by atoms with Gasteiger partial charge in [-0.1, -0.05) is 4.49 Å². The predicted molar refractivity (Wildman–Crippen MR) is 63.4 cm³/mol. The highest BCUT2D eigenvalue weighted by molar-refractivity contribution is 7.08. The van der Waals surface area contributed by atoms with E-state index in [2.05, 4.69) is 14.9 Å². The summed E-state index contributed by atoms with van der Waals surface area (Å²) in [6.07, 6.45) is 0. The Labute approximate surface area is 101 Å². The van der Waals surface area contributed by atoms with E-state index >= 15 is 0 Å². The molecule has 1 amide bonds. The molecule has 7 heteroatoms. The molecule has 0 saturated heterocycles. The lowest BCUT2D eigenvalue weighted by molar-refractivity contribution is 0.102. The second-order valence-corrected chi connectivity index (χ2v) is 4.14. The Morgan fingerprint density at radius 3 is 2.88 bits per heavy atom. The first-order chi connectivity index (χ1) is 8.08. The molecule has 0 saturated carbocycles. The van der Waals surface area contributed by atoms with Gasteiger partial charge < -0.3 is 11.1 Å². The molecule has 1 heterocycles. The number of anilines is 2.